The minimum Gasteiger partial charge on any atom is -0.354 e. The van der Waals surface area contributed by atoms with E-state index in [2.05, 4.69) is 5.32 Å². The van der Waals surface area contributed by atoms with E-state index in [4.69, 9.17) is 0 Å². The number of hydrogen-bond acceptors (Lipinski definition) is 4. The number of nitrogens with zero attached hydrogens (tertiary/aromatic N) is 2. The van der Waals surface area contributed by atoms with Crippen LogP contribution in [0.15, 0.2) is 54.6 Å². The summed E-state index contributed by atoms with van der Waals surface area (Å²) in [7, 11) is -4.12. The molecule has 0 bridgehead atoms. The normalized spacial score (nSPS) is 12.6. The third-order valence-electron chi connectivity index (χ3n) is 5.34. The molecule has 0 aliphatic rings. The summed E-state index contributed by atoms with van der Waals surface area (Å²) in [6.45, 7) is 3.18. The number of hydrogen-bond donors (Lipinski definition) is 1. The van der Waals surface area contributed by atoms with Crippen molar-refractivity contribution < 1.29 is 31.2 Å². The van der Waals surface area contributed by atoms with Crippen LogP contribution in [0.1, 0.15) is 31.4 Å². The minimum absolute atomic E-state index is 0.115. The third-order valence-corrected chi connectivity index (χ3v) is 6.48. The molecule has 1 atom stereocenters. The van der Waals surface area contributed by atoms with Crippen LogP contribution in [0.25, 0.3) is 0 Å². The highest BCUT2D eigenvalue weighted by molar-refractivity contribution is 7.92. The summed E-state index contributed by atoms with van der Waals surface area (Å²) in [5, 5.41) is 2.72. The number of carbonyl (C=O) groups is 2. The molecule has 0 aromatic heterocycles. The molecule has 0 saturated carbocycles. The number of rotatable bonds is 11. The second-order valence-electron chi connectivity index (χ2n) is 8.11. The number of alkyl halides is 3. The van der Waals surface area contributed by atoms with E-state index in [1.165, 1.54) is 17.9 Å². The zero-order valence-electron chi connectivity index (χ0n) is 19.9. The fourth-order valence-electron chi connectivity index (χ4n) is 3.42. The van der Waals surface area contributed by atoms with E-state index in [-0.39, 0.29) is 12.2 Å². The highest BCUT2D eigenvalue weighted by Crippen LogP contribution is 2.32. The molecule has 0 radical (unpaired) electrons. The maximum atomic E-state index is 13.3. The predicted molar refractivity (Wildman–Crippen MR) is 128 cm³/mol. The van der Waals surface area contributed by atoms with Gasteiger partial charge >= 0.3 is 6.18 Å². The molecular weight excluding hydrogens is 483 g/mol. The van der Waals surface area contributed by atoms with Crippen molar-refractivity contribution in [2.45, 2.75) is 38.9 Å². The molecule has 2 amide bonds. The lowest BCUT2D eigenvalue weighted by Crippen LogP contribution is -2.52. The average Bonchev–Trinajstić information content (AvgIpc) is 2.80. The molecule has 0 aliphatic heterocycles. The number of nitrogens with one attached hydrogen (secondary N) is 1. The number of benzene rings is 2. The van der Waals surface area contributed by atoms with Gasteiger partial charge in [0.2, 0.25) is 21.8 Å². The van der Waals surface area contributed by atoms with Crippen molar-refractivity contribution in [1.29, 1.82) is 0 Å². The third kappa shape index (κ3) is 8.27. The van der Waals surface area contributed by atoms with Crippen LogP contribution >= 0.6 is 0 Å². The predicted octanol–water partition coefficient (Wildman–Crippen LogP) is 3.46. The summed E-state index contributed by atoms with van der Waals surface area (Å²) >= 11 is 0. The molecule has 0 spiro atoms. The molecule has 35 heavy (non-hydrogen) atoms. The summed E-state index contributed by atoms with van der Waals surface area (Å²) in [4.78, 5) is 27.2. The highest BCUT2D eigenvalue weighted by atomic mass is 32.2. The van der Waals surface area contributed by atoms with Gasteiger partial charge in [-0.05, 0) is 43.5 Å². The van der Waals surface area contributed by atoms with E-state index >= 15 is 0 Å². The lowest BCUT2D eigenvalue weighted by Gasteiger charge is -2.31. The average molecular weight is 514 g/mol. The first-order valence-corrected chi connectivity index (χ1v) is 13.0. The molecule has 7 nitrogen and oxygen atoms in total. The second kappa shape index (κ2) is 12.1. The number of anilines is 1. The summed E-state index contributed by atoms with van der Waals surface area (Å²) < 4.78 is 65.1. The Bertz CT molecular complexity index is 1110. The van der Waals surface area contributed by atoms with Gasteiger partial charge in [0.15, 0.2) is 0 Å². The van der Waals surface area contributed by atoms with Crippen molar-refractivity contribution in [3.63, 3.8) is 0 Å². The van der Waals surface area contributed by atoms with Gasteiger partial charge in [-0.15, -0.1) is 0 Å². The largest absolute Gasteiger partial charge is 0.416 e. The first-order chi connectivity index (χ1) is 16.3. The second-order valence-corrected chi connectivity index (χ2v) is 10.0. The molecular formula is C24H30F3N3O4S. The number of amides is 2. The number of halogens is 3. The molecule has 0 aliphatic carbocycles. The van der Waals surface area contributed by atoms with Crippen molar-refractivity contribution >= 4 is 27.5 Å². The van der Waals surface area contributed by atoms with Crippen molar-refractivity contribution in [2.24, 2.45) is 0 Å². The maximum Gasteiger partial charge on any atom is 0.416 e. The van der Waals surface area contributed by atoms with Crippen LogP contribution in [0.4, 0.5) is 18.9 Å². The van der Waals surface area contributed by atoms with E-state index in [1.807, 2.05) is 37.3 Å². The quantitative estimate of drug-likeness (QED) is 0.499. The molecule has 192 valence electrons. The fourth-order valence-corrected chi connectivity index (χ4v) is 4.26. The van der Waals surface area contributed by atoms with Crippen LogP contribution in [0, 0.1) is 0 Å². The molecule has 0 saturated heterocycles. The van der Waals surface area contributed by atoms with Crippen molar-refractivity contribution in [3.8, 4) is 0 Å². The van der Waals surface area contributed by atoms with Crippen molar-refractivity contribution in [1.82, 2.24) is 10.2 Å². The zero-order chi connectivity index (χ0) is 26.2. The van der Waals surface area contributed by atoms with Gasteiger partial charge < -0.3 is 10.2 Å². The van der Waals surface area contributed by atoms with Crippen LogP contribution in [-0.4, -0.2) is 57.1 Å². The van der Waals surface area contributed by atoms with Crippen LogP contribution in [0.3, 0.4) is 0 Å². The van der Waals surface area contributed by atoms with Gasteiger partial charge in [-0.2, -0.15) is 13.2 Å². The Kier molecular flexibility index (Phi) is 9.70. The lowest BCUT2D eigenvalue weighted by molar-refractivity contribution is -0.138. The monoisotopic (exact) mass is 513 g/mol. The van der Waals surface area contributed by atoms with Gasteiger partial charge in [0, 0.05) is 13.1 Å². The SMILES string of the molecule is CCCNC(=O)[C@@H](C)N(CCc1ccccc1)C(=O)CN(c1cccc(C(F)(F)F)c1)S(C)(=O)=O. The van der Waals surface area contributed by atoms with Gasteiger partial charge in [-0.25, -0.2) is 8.42 Å². The van der Waals surface area contributed by atoms with E-state index in [1.54, 1.807) is 0 Å². The topological polar surface area (TPSA) is 86.8 Å². The van der Waals surface area contributed by atoms with Gasteiger partial charge in [0.05, 0.1) is 17.5 Å². The lowest BCUT2D eigenvalue weighted by atomic mass is 10.1. The minimum atomic E-state index is -4.68. The molecule has 0 heterocycles. The molecule has 2 aromatic carbocycles. The summed E-state index contributed by atoms with van der Waals surface area (Å²) in [6, 6.07) is 12.1. The molecule has 2 aromatic rings. The van der Waals surface area contributed by atoms with Crippen molar-refractivity contribution in [2.75, 3.05) is 30.2 Å². The standard InChI is InChI=1S/C24H30F3N3O4S/c1-4-14-28-23(32)18(2)29(15-13-19-9-6-5-7-10-19)22(31)17-30(35(3,33)34)21-12-8-11-20(16-21)24(25,26)27/h5-12,16,18H,4,13-15,17H2,1-3H3,(H,28,32)/t18-/m1/s1. The Morgan fingerprint density at radius 1 is 1.06 bits per heavy atom. The number of carbonyl (C=O) groups excluding carboxylic acids is 2. The fraction of sp³-hybridized carbons (Fsp3) is 0.417. The Morgan fingerprint density at radius 3 is 2.29 bits per heavy atom. The Labute approximate surface area is 204 Å². The van der Waals surface area contributed by atoms with E-state index in [9.17, 15) is 31.2 Å². The van der Waals surface area contributed by atoms with Crippen molar-refractivity contribution in [3.05, 3.63) is 65.7 Å². The first kappa shape index (κ1) is 28.2. The summed E-state index contributed by atoms with van der Waals surface area (Å²) in [5.74, 6) is -1.11. The Hall–Kier alpha value is -3.08. The maximum absolute atomic E-state index is 13.3. The van der Waals surface area contributed by atoms with Gasteiger partial charge in [-0.3, -0.25) is 13.9 Å². The first-order valence-electron chi connectivity index (χ1n) is 11.1. The van der Waals surface area contributed by atoms with Crippen LogP contribution in [-0.2, 0) is 32.2 Å². The van der Waals surface area contributed by atoms with Crippen LogP contribution in [0.2, 0.25) is 0 Å². The smallest absolute Gasteiger partial charge is 0.354 e. The van der Waals surface area contributed by atoms with Gasteiger partial charge in [0.1, 0.15) is 12.6 Å². The summed E-state index contributed by atoms with van der Waals surface area (Å²) in [5.41, 5.74) is -0.421. The zero-order valence-corrected chi connectivity index (χ0v) is 20.7. The molecule has 11 heteroatoms. The molecule has 1 N–H and O–H groups in total. The van der Waals surface area contributed by atoms with Crippen LogP contribution < -0.4 is 9.62 Å². The molecule has 2 rings (SSSR count). The Balaban J connectivity index is 2.35. The van der Waals surface area contributed by atoms with Gasteiger partial charge in [0.25, 0.3) is 0 Å². The van der Waals surface area contributed by atoms with E-state index < -0.39 is 46.2 Å². The van der Waals surface area contributed by atoms with Gasteiger partial charge in [-0.1, -0.05) is 43.3 Å². The Morgan fingerprint density at radius 2 is 1.71 bits per heavy atom. The molecule has 0 unspecified atom stereocenters. The summed E-state index contributed by atoms with van der Waals surface area (Å²) in [6.07, 6.45) is -2.78. The van der Waals surface area contributed by atoms with E-state index in [0.717, 1.165) is 24.0 Å². The molecule has 0 fully saturated rings. The van der Waals surface area contributed by atoms with E-state index in [0.29, 0.717) is 29.8 Å². The highest BCUT2D eigenvalue weighted by Gasteiger charge is 2.33. The van der Waals surface area contributed by atoms with Crippen LogP contribution in [0.5, 0.6) is 0 Å². The number of sulfonamides is 1.